The fraction of sp³-hybridized carbons (Fsp3) is 0.435. The van der Waals surface area contributed by atoms with E-state index in [0.29, 0.717) is 11.4 Å². The fourth-order valence-corrected chi connectivity index (χ4v) is 4.86. The average Bonchev–Trinajstić information content (AvgIpc) is 2.72. The van der Waals surface area contributed by atoms with Crippen molar-refractivity contribution in [3.05, 3.63) is 64.7 Å². The van der Waals surface area contributed by atoms with Gasteiger partial charge < -0.3 is 10.6 Å². The second kappa shape index (κ2) is 11.8. The molecular weight excluding hydrogens is 523 g/mol. The molecule has 1 heterocycles. The second-order valence-electron chi connectivity index (χ2n) is 7.87. The van der Waals surface area contributed by atoms with Crippen LogP contribution in [0.4, 0.5) is 0 Å². The number of halogens is 1. The molecule has 0 radical (unpaired) electrons. The first-order valence-electron chi connectivity index (χ1n) is 10.4. The Morgan fingerprint density at radius 1 is 1.13 bits per heavy atom. The molecule has 0 aromatic heterocycles. The van der Waals surface area contributed by atoms with Gasteiger partial charge in [0.05, 0.1) is 4.90 Å². The molecule has 0 unspecified atom stereocenters. The number of hydrogen-bond acceptors (Lipinski definition) is 4. The summed E-state index contributed by atoms with van der Waals surface area (Å²) < 4.78 is 23.5. The molecule has 0 saturated carbocycles. The van der Waals surface area contributed by atoms with Crippen molar-refractivity contribution in [1.29, 1.82) is 0 Å². The van der Waals surface area contributed by atoms with Crippen molar-refractivity contribution in [3.8, 4) is 0 Å². The Kier molecular flexibility index (Phi) is 9.77. The molecule has 0 saturated heterocycles. The summed E-state index contributed by atoms with van der Waals surface area (Å²) in [7, 11) is -1.43. The highest BCUT2D eigenvalue weighted by Crippen LogP contribution is 2.18. The van der Waals surface area contributed by atoms with Crippen LogP contribution in [0.5, 0.6) is 0 Å². The maximum absolute atomic E-state index is 11.8. The van der Waals surface area contributed by atoms with Crippen LogP contribution in [0, 0.1) is 6.92 Å². The summed E-state index contributed by atoms with van der Waals surface area (Å²) in [6, 6.07) is 14.1. The highest BCUT2D eigenvalue weighted by Gasteiger charge is 2.15. The lowest BCUT2D eigenvalue weighted by molar-refractivity contribution is 0.251. The maximum Gasteiger partial charge on any atom is 0.191 e. The van der Waals surface area contributed by atoms with Gasteiger partial charge in [0.2, 0.25) is 0 Å². The van der Waals surface area contributed by atoms with Crippen LogP contribution in [0.25, 0.3) is 0 Å². The van der Waals surface area contributed by atoms with Crippen LogP contribution in [0.15, 0.2) is 52.4 Å². The van der Waals surface area contributed by atoms with E-state index in [9.17, 15) is 8.42 Å². The molecule has 31 heavy (non-hydrogen) atoms. The molecule has 2 N–H and O–H groups in total. The number of hydrogen-bond donors (Lipinski definition) is 2. The summed E-state index contributed by atoms with van der Waals surface area (Å²) in [6.45, 7) is 6.48. The molecule has 0 bridgehead atoms. The molecule has 3 rings (SSSR count). The molecule has 6 nitrogen and oxygen atoms in total. The summed E-state index contributed by atoms with van der Waals surface area (Å²) in [4.78, 5) is 7.17. The molecular formula is C23H33IN4O2S. The van der Waals surface area contributed by atoms with E-state index in [1.807, 2.05) is 19.1 Å². The van der Waals surface area contributed by atoms with Crippen LogP contribution >= 0.6 is 24.0 Å². The molecule has 2 aromatic rings. The van der Waals surface area contributed by atoms with Crippen LogP contribution < -0.4 is 10.6 Å². The van der Waals surface area contributed by atoms with E-state index in [1.165, 1.54) is 17.4 Å². The van der Waals surface area contributed by atoms with Crippen LogP contribution in [0.2, 0.25) is 0 Å². The molecule has 1 aliphatic rings. The third-order valence-corrected chi connectivity index (χ3v) is 6.73. The first kappa shape index (κ1) is 25.6. The van der Waals surface area contributed by atoms with Crippen molar-refractivity contribution in [2.45, 2.75) is 37.8 Å². The van der Waals surface area contributed by atoms with Gasteiger partial charge in [0.15, 0.2) is 15.8 Å². The SMILES string of the molecule is CN=C(NCCCN1CCc2ccccc2C1)NCc1ccc(S(C)(=O)=O)c(C)c1.I. The Morgan fingerprint density at radius 2 is 1.87 bits per heavy atom. The van der Waals surface area contributed by atoms with Crippen LogP contribution in [-0.2, 0) is 29.3 Å². The quantitative estimate of drug-likeness (QED) is 0.237. The van der Waals surface area contributed by atoms with Crippen molar-refractivity contribution >= 4 is 39.8 Å². The normalized spacial score (nSPS) is 14.5. The van der Waals surface area contributed by atoms with Gasteiger partial charge in [-0.05, 0) is 48.1 Å². The van der Waals surface area contributed by atoms with Crippen molar-refractivity contribution in [3.63, 3.8) is 0 Å². The molecule has 0 aliphatic carbocycles. The van der Waals surface area contributed by atoms with E-state index >= 15 is 0 Å². The molecule has 0 amide bonds. The summed E-state index contributed by atoms with van der Waals surface area (Å²) >= 11 is 0. The number of sulfone groups is 1. The zero-order valence-electron chi connectivity index (χ0n) is 18.5. The highest BCUT2D eigenvalue weighted by atomic mass is 127. The van der Waals surface area contributed by atoms with Gasteiger partial charge in [0.25, 0.3) is 0 Å². The predicted molar refractivity (Wildman–Crippen MR) is 138 cm³/mol. The number of nitrogens with zero attached hydrogens (tertiary/aromatic N) is 2. The number of guanidine groups is 1. The van der Waals surface area contributed by atoms with Crippen molar-refractivity contribution < 1.29 is 8.42 Å². The third-order valence-electron chi connectivity index (χ3n) is 5.48. The Balaban J connectivity index is 0.00000341. The van der Waals surface area contributed by atoms with Gasteiger partial charge >= 0.3 is 0 Å². The number of nitrogens with one attached hydrogen (secondary N) is 2. The zero-order valence-corrected chi connectivity index (χ0v) is 21.7. The van der Waals surface area contributed by atoms with Crippen LogP contribution in [-0.4, -0.2) is 52.2 Å². The summed E-state index contributed by atoms with van der Waals surface area (Å²) in [6.07, 6.45) is 3.41. The number of rotatable bonds is 7. The van der Waals surface area contributed by atoms with Crippen molar-refractivity contribution in [2.75, 3.05) is 32.9 Å². The molecule has 8 heteroatoms. The first-order chi connectivity index (χ1) is 14.4. The number of aliphatic imine (C=N–C) groups is 1. The Bertz CT molecular complexity index is 1010. The predicted octanol–water partition coefficient (Wildman–Crippen LogP) is 3.13. The summed E-state index contributed by atoms with van der Waals surface area (Å²) in [5, 5.41) is 6.66. The number of aryl methyl sites for hydroxylation is 1. The zero-order chi connectivity index (χ0) is 21.6. The van der Waals surface area contributed by atoms with Crippen LogP contribution in [0.1, 0.15) is 28.7 Å². The summed E-state index contributed by atoms with van der Waals surface area (Å²) in [5.41, 5.74) is 4.72. The van der Waals surface area contributed by atoms with E-state index in [2.05, 4.69) is 44.8 Å². The largest absolute Gasteiger partial charge is 0.356 e. The Morgan fingerprint density at radius 3 is 2.55 bits per heavy atom. The number of benzene rings is 2. The van der Waals surface area contributed by atoms with Gasteiger partial charge in [-0.15, -0.1) is 24.0 Å². The fourth-order valence-electron chi connectivity index (χ4n) is 3.90. The van der Waals surface area contributed by atoms with Crippen molar-refractivity contribution in [2.24, 2.45) is 4.99 Å². The molecule has 2 aromatic carbocycles. The summed E-state index contributed by atoms with van der Waals surface area (Å²) in [5.74, 6) is 0.754. The van der Waals surface area contributed by atoms with Crippen molar-refractivity contribution in [1.82, 2.24) is 15.5 Å². The standard InChI is InChI=1S/C23H32N4O2S.HI/c1-18-15-19(9-10-22(18)30(3,28)29)16-26-23(24-2)25-12-6-13-27-14-11-20-7-4-5-8-21(20)17-27;/h4-5,7-10,15H,6,11-14,16-17H2,1-3H3,(H2,24,25,26);1H. The van der Waals surface area contributed by atoms with E-state index in [0.717, 1.165) is 56.1 Å². The lowest BCUT2D eigenvalue weighted by Crippen LogP contribution is -2.39. The molecule has 0 atom stereocenters. The lowest BCUT2D eigenvalue weighted by Gasteiger charge is -2.28. The Labute approximate surface area is 203 Å². The molecule has 170 valence electrons. The monoisotopic (exact) mass is 556 g/mol. The van der Waals surface area contributed by atoms with Crippen LogP contribution in [0.3, 0.4) is 0 Å². The molecule has 0 fully saturated rings. The molecule has 1 aliphatic heterocycles. The van der Waals surface area contributed by atoms with Gasteiger partial charge in [0, 0.05) is 46.0 Å². The smallest absolute Gasteiger partial charge is 0.191 e. The van der Waals surface area contributed by atoms with Gasteiger partial charge in [-0.25, -0.2) is 8.42 Å². The van der Waals surface area contributed by atoms with E-state index in [4.69, 9.17) is 0 Å². The van der Waals surface area contributed by atoms with Gasteiger partial charge in [0.1, 0.15) is 0 Å². The highest BCUT2D eigenvalue weighted by molar-refractivity contribution is 14.0. The second-order valence-corrected chi connectivity index (χ2v) is 9.86. The Hall–Kier alpha value is -1.65. The molecule has 0 spiro atoms. The van der Waals surface area contributed by atoms with Gasteiger partial charge in [-0.3, -0.25) is 9.89 Å². The minimum Gasteiger partial charge on any atom is -0.356 e. The first-order valence-corrected chi connectivity index (χ1v) is 12.3. The average molecular weight is 557 g/mol. The maximum atomic E-state index is 11.8. The van der Waals surface area contributed by atoms with E-state index < -0.39 is 9.84 Å². The van der Waals surface area contributed by atoms with Gasteiger partial charge in [-0.1, -0.05) is 36.4 Å². The number of fused-ring (bicyclic) bond motifs is 1. The van der Waals surface area contributed by atoms with E-state index in [1.54, 1.807) is 13.1 Å². The minimum absolute atomic E-state index is 0. The topological polar surface area (TPSA) is 73.8 Å². The lowest BCUT2D eigenvalue weighted by atomic mass is 10.00. The third kappa shape index (κ3) is 7.47. The van der Waals surface area contributed by atoms with E-state index in [-0.39, 0.29) is 24.0 Å². The van der Waals surface area contributed by atoms with Gasteiger partial charge in [-0.2, -0.15) is 0 Å². The minimum atomic E-state index is -3.19.